The first kappa shape index (κ1) is 15.5. The topological polar surface area (TPSA) is 32.3 Å². The van der Waals surface area contributed by atoms with Gasteiger partial charge >= 0.3 is 0 Å². The number of hydrogen-bond acceptors (Lipinski definition) is 2. The summed E-state index contributed by atoms with van der Waals surface area (Å²) < 4.78 is 12.8. The third-order valence-electron chi connectivity index (χ3n) is 5.15. The van der Waals surface area contributed by atoms with Crippen LogP contribution in [0, 0.1) is 17.7 Å². The highest BCUT2D eigenvalue weighted by molar-refractivity contribution is 5.78. The molecule has 3 nitrogen and oxygen atoms in total. The Bertz CT molecular complexity index is 502. The Labute approximate surface area is 131 Å². The van der Waals surface area contributed by atoms with Crippen molar-refractivity contribution in [3.63, 3.8) is 0 Å². The normalized spacial score (nSPS) is 25.5. The summed E-state index contributed by atoms with van der Waals surface area (Å²) >= 11 is 0. The largest absolute Gasteiger partial charge is 0.351 e. The van der Waals surface area contributed by atoms with Gasteiger partial charge in [0.25, 0.3) is 0 Å². The zero-order valence-corrected chi connectivity index (χ0v) is 13.1. The van der Waals surface area contributed by atoms with Gasteiger partial charge in [-0.15, -0.1) is 0 Å². The number of halogens is 1. The van der Waals surface area contributed by atoms with Crippen LogP contribution in [0.15, 0.2) is 24.3 Å². The summed E-state index contributed by atoms with van der Waals surface area (Å²) in [4.78, 5) is 14.4. The van der Waals surface area contributed by atoms with Gasteiger partial charge in [0.2, 0.25) is 5.91 Å². The number of carbonyl (C=O) groups excluding carboxylic acids is 1. The molecule has 1 aliphatic carbocycles. The highest BCUT2D eigenvalue weighted by atomic mass is 19.1. The van der Waals surface area contributed by atoms with Crippen molar-refractivity contribution in [3.05, 3.63) is 35.6 Å². The summed E-state index contributed by atoms with van der Waals surface area (Å²) in [6.45, 7) is 3.09. The van der Waals surface area contributed by atoms with Crippen LogP contribution in [0.2, 0.25) is 0 Å². The highest BCUT2D eigenvalue weighted by Gasteiger charge is 2.31. The van der Waals surface area contributed by atoms with Crippen molar-refractivity contribution in [1.29, 1.82) is 0 Å². The van der Waals surface area contributed by atoms with Crippen LogP contribution in [0.3, 0.4) is 0 Å². The van der Waals surface area contributed by atoms with E-state index in [2.05, 4.69) is 10.2 Å². The molecule has 1 saturated heterocycles. The first-order valence-electron chi connectivity index (χ1n) is 8.44. The van der Waals surface area contributed by atoms with E-state index in [4.69, 9.17) is 0 Å². The Morgan fingerprint density at radius 3 is 2.64 bits per heavy atom. The molecule has 120 valence electrons. The molecule has 1 aromatic rings. The van der Waals surface area contributed by atoms with E-state index >= 15 is 0 Å². The smallest absolute Gasteiger partial charge is 0.234 e. The first-order valence-corrected chi connectivity index (χ1v) is 8.44. The lowest BCUT2D eigenvalue weighted by Crippen LogP contribution is -2.46. The molecule has 1 amide bonds. The van der Waals surface area contributed by atoms with Crippen molar-refractivity contribution in [1.82, 2.24) is 10.2 Å². The van der Waals surface area contributed by atoms with Gasteiger partial charge in [0.15, 0.2) is 0 Å². The third kappa shape index (κ3) is 4.07. The fourth-order valence-corrected chi connectivity index (χ4v) is 3.88. The first-order chi connectivity index (χ1) is 10.7. The number of amides is 1. The summed E-state index contributed by atoms with van der Waals surface area (Å²) in [5.41, 5.74) is 0.931. The van der Waals surface area contributed by atoms with Crippen molar-refractivity contribution >= 4 is 5.91 Å². The molecule has 0 radical (unpaired) electrons. The zero-order chi connectivity index (χ0) is 15.4. The van der Waals surface area contributed by atoms with Crippen LogP contribution >= 0.6 is 0 Å². The number of likely N-dealkylation sites (tertiary alicyclic amines) is 1. The molecule has 0 unspecified atom stereocenters. The number of benzene rings is 1. The van der Waals surface area contributed by atoms with Gasteiger partial charge in [-0.05, 0) is 48.9 Å². The number of piperidine rings is 1. The second kappa shape index (κ2) is 7.23. The highest BCUT2D eigenvalue weighted by Crippen LogP contribution is 2.35. The van der Waals surface area contributed by atoms with E-state index in [9.17, 15) is 9.18 Å². The minimum Gasteiger partial charge on any atom is -0.351 e. The predicted molar refractivity (Wildman–Crippen MR) is 84.8 cm³/mol. The lowest BCUT2D eigenvalue weighted by Gasteiger charge is -2.41. The van der Waals surface area contributed by atoms with Gasteiger partial charge < -0.3 is 5.32 Å². The SMILES string of the molecule is O=C(CN1CC[C@H]2CCCC[C@@H]2C1)NCc1ccc(F)cc1. The van der Waals surface area contributed by atoms with Gasteiger partial charge in [0.05, 0.1) is 6.54 Å². The number of fused-ring (bicyclic) bond motifs is 1. The molecule has 22 heavy (non-hydrogen) atoms. The third-order valence-corrected chi connectivity index (χ3v) is 5.15. The standard InChI is InChI=1S/C18H25FN2O/c19-17-7-5-14(6-8-17)11-20-18(22)13-21-10-9-15-3-1-2-4-16(15)12-21/h5-8,15-16H,1-4,9-13H2,(H,20,22)/t15-,16-/m1/s1. The lowest BCUT2D eigenvalue weighted by atomic mass is 9.75. The summed E-state index contributed by atoms with van der Waals surface area (Å²) in [5.74, 6) is 1.52. The molecule has 1 aromatic carbocycles. The number of nitrogens with zero attached hydrogens (tertiary/aromatic N) is 1. The Morgan fingerprint density at radius 1 is 1.14 bits per heavy atom. The van der Waals surface area contributed by atoms with Crippen LogP contribution in [0.25, 0.3) is 0 Å². The number of nitrogens with one attached hydrogen (secondary N) is 1. The fraction of sp³-hybridized carbons (Fsp3) is 0.611. The minimum absolute atomic E-state index is 0.0681. The molecule has 2 fully saturated rings. The second-order valence-corrected chi connectivity index (χ2v) is 6.73. The summed E-state index contributed by atoms with van der Waals surface area (Å²) in [6.07, 6.45) is 6.70. The Hall–Kier alpha value is -1.42. The molecule has 2 atom stereocenters. The van der Waals surface area contributed by atoms with Crippen LogP contribution in [-0.4, -0.2) is 30.4 Å². The molecule has 1 heterocycles. The molecule has 2 aliphatic rings. The van der Waals surface area contributed by atoms with Gasteiger partial charge in [0.1, 0.15) is 5.82 Å². The quantitative estimate of drug-likeness (QED) is 0.927. The molecule has 1 N–H and O–H groups in total. The minimum atomic E-state index is -0.245. The number of hydrogen-bond donors (Lipinski definition) is 1. The van der Waals surface area contributed by atoms with Gasteiger partial charge in [-0.2, -0.15) is 0 Å². The molecule has 0 spiro atoms. The Kier molecular flexibility index (Phi) is 5.08. The average molecular weight is 304 g/mol. The van der Waals surface area contributed by atoms with Crippen molar-refractivity contribution in [2.24, 2.45) is 11.8 Å². The van der Waals surface area contributed by atoms with Crippen LogP contribution in [0.1, 0.15) is 37.7 Å². The average Bonchev–Trinajstić information content (AvgIpc) is 2.54. The van der Waals surface area contributed by atoms with Gasteiger partial charge in [-0.1, -0.05) is 31.4 Å². The number of rotatable bonds is 4. The van der Waals surface area contributed by atoms with Gasteiger partial charge in [-0.25, -0.2) is 4.39 Å². The second-order valence-electron chi connectivity index (χ2n) is 6.73. The maximum atomic E-state index is 12.8. The van der Waals surface area contributed by atoms with E-state index in [1.807, 2.05) is 0 Å². The van der Waals surface area contributed by atoms with E-state index in [1.165, 1.54) is 44.2 Å². The molecule has 1 saturated carbocycles. The van der Waals surface area contributed by atoms with Crippen molar-refractivity contribution < 1.29 is 9.18 Å². The van der Waals surface area contributed by atoms with Crippen LogP contribution in [-0.2, 0) is 11.3 Å². The molecule has 0 bridgehead atoms. The maximum Gasteiger partial charge on any atom is 0.234 e. The van der Waals surface area contributed by atoms with E-state index in [0.717, 1.165) is 30.5 Å². The Morgan fingerprint density at radius 2 is 1.86 bits per heavy atom. The molecule has 3 rings (SSSR count). The Balaban J connectivity index is 1.42. The molecular formula is C18H25FN2O. The van der Waals surface area contributed by atoms with Crippen molar-refractivity contribution in [2.75, 3.05) is 19.6 Å². The van der Waals surface area contributed by atoms with E-state index < -0.39 is 0 Å². The molecule has 4 heteroatoms. The fourth-order valence-electron chi connectivity index (χ4n) is 3.88. The molecule has 1 aliphatic heterocycles. The van der Waals surface area contributed by atoms with E-state index in [0.29, 0.717) is 13.1 Å². The van der Waals surface area contributed by atoms with Crippen LogP contribution < -0.4 is 5.32 Å². The van der Waals surface area contributed by atoms with Crippen LogP contribution in [0.4, 0.5) is 4.39 Å². The maximum absolute atomic E-state index is 12.8. The summed E-state index contributed by atoms with van der Waals surface area (Å²) in [6, 6.07) is 6.27. The number of carbonyl (C=O) groups is 1. The van der Waals surface area contributed by atoms with Crippen LogP contribution in [0.5, 0.6) is 0 Å². The van der Waals surface area contributed by atoms with Gasteiger partial charge in [0, 0.05) is 13.1 Å². The molecular weight excluding hydrogens is 279 g/mol. The van der Waals surface area contributed by atoms with Crippen molar-refractivity contribution in [3.8, 4) is 0 Å². The van der Waals surface area contributed by atoms with E-state index in [1.54, 1.807) is 12.1 Å². The lowest BCUT2D eigenvalue weighted by molar-refractivity contribution is -0.123. The van der Waals surface area contributed by atoms with Gasteiger partial charge in [-0.3, -0.25) is 9.69 Å². The summed E-state index contributed by atoms with van der Waals surface area (Å²) in [5, 5.41) is 2.93. The zero-order valence-electron chi connectivity index (χ0n) is 13.1. The van der Waals surface area contributed by atoms with E-state index in [-0.39, 0.29) is 11.7 Å². The monoisotopic (exact) mass is 304 g/mol. The summed E-state index contributed by atoms with van der Waals surface area (Å²) in [7, 11) is 0. The molecule has 0 aromatic heterocycles. The predicted octanol–water partition coefficient (Wildman–Crippen LogP) is 2.95. The van der Waals surface area contributed by atoms with Crippen molar-refractivity contribution in [2.45, 2.75) is 38.6 Å².